The van der Waals surface area contributed by atoms with Crippen molar-refractivity contribution in [3.8, 4) is 0 Å². The van der Waals surface area contributed by atoms with Crippen molar-refractivity contribution in [2.45, 2.75) is 18.1 Å². The third-order valence-corrected chi connectivity index (χ3v) is 6.61. The molecule has 2 aromatic heterocycles. The summed E-state index contributed by atoms with van der Waals surface area (Å²) < 4.78 is 26.8. The smallest absolute Gasteiger partial charge is 0.273 e. The first-order chi connectivity index (χ1) is 9.85. The van der Waals surface area contributed by atoms with E-state index in [4.69, 9.17) is 0 Å². The second kappa shape index (κ2) is 4.71. The molecular weight excluding hydrogens is 356 g/mol. The number of allylic oxidation sites excluding steroid dienone is 3. The molecule has 0 saturated heterocycles. The Morgan fingerprint density at radius 1 is 1.38 bits per heavy atom. The van der Waals surface area contributed by atoms with Gasteiger partial charge < -0.3 is 4.98 Å². The van der Waals surface area contributed by atoms with Crippen LogP contribution in [0, 0.1) is 0 Å². The maximum Gasteiger partial charge on any atom is 0.273 e. The summed E-state index contributed by atoms with van der Waals surface area (Å²) in [5.74, 6) is 0. The van der Waals surface area contributed by atoms with Crippen LogP contribution in [0.15, 0.2) is 52.0 Å². The van der Waals surface area contributed by atoms with Gasteiger partial charge in [0.05, 0.1) is 0 Å². The molecule has 0 spiro atoms. The van der Waals surface area contributed by atoms with Crippen molar-refractivity contribution in [1.29, 1.82) is 0 Å². The number of hydrogen-bond donors (Lipinski definition) is 1. The minimum Gasteiger partial charge on any atom is -0.327 e. The molecule has 21 heavy (non-hydrogen) atoms. The Morgan fingerprint density at radius 3 is 2.81 bits per heavy atom. The maximum atomic E-state index is 13.0. The first-order valence-electron chi connectivity index (χ1n) is 6.34. The number of H-pyrrole nitrogens is 1. The number of hydrogen-bond acceptors (Lipinski definition) is 3. The first-order valence-corrected chi connectivity index (χ1v) is 8.57. The summed E-state index contributed by atoms with van der Waals surface area (Å²) in [5.41, 5.74) is -0.262. The second-order valence-corrected chi connectivity index (χ2v) is 8.36. The van der Waals surface area contributed by atoms with Gasteiger partial charge in [-0.15, -0.1) is 0 Å². The predicted octanol–water partition coefficient (Wildman–Crippen LogP) is 2.50. The Hall–Kier alpha value is -1.60. The molecule has 7 heteroatoms. The zero-order chi connectivity index (χ0) is 15.3. The van der Waals surface area contributed by atoms with Gasteiger partial charge in [0.15, 0.2) is 0 Å². The van der Waals surface area contributed by atoms with Gasteiger partial charge in [-0.3, -0.25) is 4.79 Å². The van der Waals surface area contributed by atoms with E-state index in [2.05, 4.69) is 20.9 Å². The number of rotatable bonds is 2. The molecule has 1 unspecified atom stereocenters. The Bertz CT molecular complexity index is 937. The first kappa shape index (κ1) is 14.3. The molecule has 0 aliphatic heterocycles. The van der Waals surface area contributed by atoms with Crippen molar-refractivity contribution in [2.75, 3.05) is 0 Å². The van der Waals surface area contributed by atoms with Crippen LogP contribution in [0.4, 0.5) is 0 Å². The molecule has 0 aromatic carbocycles. The van der Waals surface area contributed by atoms with E-state index in [0.29, 0.717) is 11.8 Å². The summed E-state index contributed by atoms with van der Waals surface area (Å²) in [6.45, 7) is 1.65. The highest BCUT2D eigenvalue weighted by Gasteiger charge is 2.39. The van der Waals surface area contributed by atoms with Gasteiger partial charge in [0.2, 0.25) is 10.0 Å². The average Bonchev–Trinajstić information content (AvgIpc) is 2.88. The third-order valence-electron chi connectivity index (χ3n) is 3.72. The highest BCUT2D eigenvalue weighted by molar-refractivity contribution is 9.11. The van der Waals surface area contributed by atoms with Crippen LogP contribution in [-0.4, -0.2) is 22.1 Å². The molecule has 1 aliphatic rings. The van der Waals surface area contributed by atoms with E-state index in [-0.39, 0.29) is 5.52 Å². The highest BCUT2D eigenvalue weighted by atomic mass is 79.9. The standard InChI is InChI=1S/C14H13BrN2O3S/c1-14(6-2-11(15)3-7-14)21(19,20)17-9-5-10-4-8-16-13(18)12(10)17/h2-6,8-9H,7H2,1H3,(H,16,18). The maximum absolute atomic E-state index is 13.0. The number of aromatic nitrogens is 2. The lowest BCUT2D eigenvalue weighted by atomic mass is 10.0. The Kier molecular flexibility index (Phi) is 3.22. The fraction of sp³-hybridized carbons (Fsp3) is 0.214. The van der Waals surface area contributed by atoms with E-state index < -0.39 is 20.3 Å². The summed E-state index contributed by atoms with van der Waals surface area (Å²) in [4.78, 5) is 14.5. The van der Waals surface area contributed by atoms with Gasteiger partial charge in [0.1, 0.15) is 10.3 Å². The zero-order valence-electron chi connectivity index (χ0n) is 11.2. The molecule has 2 heterocycles. The number of nitrogens with one attached hydrogen (secondary N) is 1. The van der Waals surface area contributed by atoms with Gasteiger partial charge >= 0.3 is 0 Å². The monoisotopic (exact) mass is 368 g/mol. The molecule has 1 N–H and O–H groups in total. The molecule has 0 saturated carbocycles. The molecule has 0 amide bonds. The van der Waals surface area contributed by atoms with Crippen LogP contribution in [0.5, 0.6) is 0 Å². The Morgan fingerprint density at radius 2 is 2.14 bits per heavy atom. The quantitative estimate of drug-likeness (QED) is 0.884. The van der Waals surface area contributed by atoms with Crippen LogP contribution in [0.2, 0.25) is 0 Å². The lowest BCUT2D eigenvalue weighted by molar-refractivity contribution is 0.554. The van der Waals surface area contributed by atoms with Crippen molar-refractivity contribution >= 4 is 36.9 Å². The highest BCUT2D eigenvalue weighted by Crippen LogP contribution is 2.33. The molecule has 1 atom stereocenters. The fourth-order valence-corrected chi connectivity index (χ4v) is 4.31. The SMILES string of the molecule is CC1(S(=O)(=O)n2ccc3cc[nH]c(=O)c32)C=CC(Br)=CC1. The molecule has 2 aromatic rings. The lowest BCUT2D eigenvalue weighted by Crippen LogP contribution is -2.38. The zero-order valence-corrected chi connectivity index (χ0v) is 13.6. The largest absolute Gasteiger partial charge is 0.327 e. The fourth-order valence-electron chi connectivity index (χ4n) is 2.38. The summed E-state index contributed by atoms with van der Waals surface area (Å²) in [6, 6.07) is 3.31. The molecule has 1 aliphatic carbocycles. The molecule has 0 radical (unpaired) electrons. The topological polar surface area (TPSA) is 71.9 Å². The van der Waals surface area contributed by atoms with Crippen LogP contribution >= 0.6 is 15.9 Å². The summed E-state index contributed by atoms with van der Waals surface area (Å²) in [5, 5.41) is 0.599. The van der Waals surface area contributed by atoms with Crippen molar-refractivity contribution in [2.24, 2.45) is 0 Å². The molecule has 0 bridgehead atoms. The normalized spacial score (nSPS) is 22.5. The molecule has 5 nitrogen and oxygen atoms in total. The lowest BCUT2D eigenvalue weighted by Gasteiger charge is -2.27. The molecule has 110 valence electrons. The molecule has 3 rings (SSSR count). The van der Waals surface area contributed by atoms with E-state index in [1.54, 1.807) is 31.2 Å². The predicted molar refractivity (Wildman–Crippen MR) is 86.0 cm³/mol. The molecule has 0 fully saturated rings. The van der Waals surface area contributed by atoms with E-state index >= 15 is 0 Å². The van der Waals surface area contributed by atoms with Crippen LogP contribution in [0.25, 0.3) is 10.9 Å². The van der Waals surface area contributed by atoms with E-state index in [0.717, 1.165) is 8.45 Å². The average molecular weight is 369 g/mol. The second-order valence-electron chi connectivity index (χ2n) is 5.17. The summed E-state index contributed by atoms with van der Waals surface area (Å²) >= 11 is 3.32. The van der Waals surface area contributed by atoms with Gasteiger partial charge in [-0.25, -0.2) is 12.4 Å². The van der Waals surface area contributed by atoms with Crippen LogP contribution in [0.3, 0.4) is 0 Å². The number of aromatic amines is 1. The number of halogens is 1. The van der Waals surface area contributed by atoms with Gasteiger partial charge in [-0.2, -0.15) is 0 Å². The van der Waals surface area contributed by atoms with Crippen LogP contribution in [0.1, 0.15) is 13.3 Å². The van der Waals surface area contributed by atoms with Crippen molar-refractivity contribution in [3.05, 3.63) is 57.6 Å². The van der Waals surface area contributed by atoms with Crippen molar-refractivity contribution in [3.63, 3.8) is 0 Å². The minimum atomic E-state index is -3.75. The number of fused-ring (bicyclic) bond motifs is 1. The van der Waals surface area contributed by atoms with Gasteiger partial charge in [0.25, 0.3) is 5.56 Å². The van der Waals surface area contributed by atoms with Gasteiger partial charge in [-0.1, -0.05) is 34.2 Å². The van der Waals surface area contributed by atoms with E-state index in [9.17, 15) is 13.2 Å². The summed E-state index contributed by atoms with van der Waals surface area (Å²) in [6.07, 6.45) is 8.46. The minimum absolute atomic E-state index is 0.153. The number of pyridine rings is 1. The van der Waals surface area contributed by atoms with Crippen molar-refractivity contribution in [1.82, 2.24) is 8.96 Å². The van der Waals surface area contributed by atoms with Gasteiger partial charge in [0, 0.05) is 22.3 Å². The van der Waals surface area contributed by atoms with E-state index in [1.807, 2.05) is 6.08 Å². The Labute approximate surface area is 130 Å². The summed E-state index contributed by atoms with van der Waals surface area (Å²) in [7, 11) is -3.75. The van der Waals surface area contributed by atoms with Crippen LogP contribution in [-0.2, 0) is 10.0 Å². The van der Waals surface area contributed by atoms with Crippen molar-refractivity contribution < 1.29 is 8.42 Å². The third kappa shape index (κ3) is 2.11. The van der Waals surface area contributed by atoms with E-state index in [1.165, 1.54) is 12.4 Å². The van der Waals surface area contributed by atoms with Gasteiger partial charge in [-0.05, 0) is 25.5 Å². The molecular formula is C14H13BrN2O3S. The van der Waals surface area contributed by atoms with Crippen LogP contribution < -0.4 is 5.56 Å². The Balaban J connectivity index is 2.23. The number of nitrogens with zero attached hydrogens (tertiary/aromatic N) is 1.